The predicted octanol–water partition coefficient (Wildman–Crippen LogP) is 2.17. The zero-order chi connectivity index (χ0) is 21.0. The molecule has 0 saturated carbocycles. The van der Waals surface area contributed by atoms with Crippen molar-refractivity contribution >= 4 is 21.8 Å². The van der Waals surface area contributed by atoms with Crippen LogP contribution in [0.1, 0.15) is 34.3 Å². The Balaban J connectivity index is 1.61. The fourth-order valence-electron chi connectivity index (χ4n) is 3.23. The van der Waals surface area contributed by atoms with Gasteiger partial charge in [0.2, 0.25) is 15.9 Å². The summed E-state index contributed by atoms with van der Waals surface area (Å²) in [5, 5.41) is 0. The number of nitrogens with one attached hydrogen (secondary N) is 2. The molecule has 2 amide bonds. The van der Waals surface area contributed by atoms with Gasteiger partial charge in [-0.05, 0) is 51.0 Å². The summed E-state index contributed by atoms with van der Waals surface area (Å²) in [5.41, 5.74) is 7.26. The number of nitrogens with zero attached hydrogens (tertiary/aromatic N) is 1. The quantitative estimate of drug-likeness (QED) is 0.748. The first-order valence-electron chi connectivity index (χ1n) is 9.51. The van der Waals surface area contributed by atoms with Crippen LogP contribution in [0, 0.1) is 19.8 Å². The Morgan fingerprint density at radius 3 is 2.14 bits per heavy atom. The summed E-state index contributed by atoms with van der Waals surface area (Å²) >= 11 is 0. The number of amides is 2. The normalized spacial score (nSPS) is 17.5. The molecule has 0 aliphatic carbocycles. The van der Waals surface area contributed by atoms with Crippen LogP contribution in [0.5, 0.6) is 0 Å². The molecule has 1 aliphatic rings. The van der Waals surface area contributed by atoms with Crippen molar-refractivity contribution in [3.05, 3.63) is 65.2 Å². The van der Waals surface area contributed by atoms with Gasteiger partial charge in [-0.2, -0.15) is 4.31 Å². The van der Waals surface area contributed by atoms with E-state index in [0.717, 1.165) is 11.1 Å². The van der Waals surface area contributed by atoms with Crippen LogP contribution in [0.4, 0.5) is 0 Å². The number of piperidine rings is 1. The second-order valence-corrected chi connectivity index (χ2v) is 9.26. The highest BCUT2D eigenvalue weighted by atomic mass is 32.2. The second-order valence-electron chi connectivity index (χ2n) is 7.32. The maximum atomic E-state index is 12.9. The number of benzene rings is 2. The number of carbonyl (C=O) groups excluding carboxylic acids is 2. The van der Waals surface area contributed by atoms with E-state index in [1.165, 1.54) is 4.31 Å². The molecule has 1 saturated heterocycles. The van der Waals surface area contributed by atoms with Crippen LogP contribution in [0.25, 0.3) is 0 Å². The highest BCUT2D eigenvalue weighted by Gasteiger charge is 2.33. The van der Waals surface area contributed by atoms with Gasteiger partial charge in [-0.3, -0.25) is 20.4 Å². The Morgan fingerprint density at radius 1 is 0.931 bits per heavy atom. The number of aryl methyl sites for hydroxylation is 2. The molecule has 1 unspecified atom stereocenters. The molecular weight excluding hydrogens is 390 g/mol. The van der Waals surface area contributed by atoms with E-state index in [1.807, 2.05) is 26.0 Å². The van der Waals surface area contributed by atoms with E-state index >= 15 is 0 Å². The van der Waals surface area contributed by atoms with Gasteiger partial charge in [0.25, 0.3) is 5.91 Å². The van der Waals surface area contributed by atoms with E-state index in [9.17, 15) is 18.0 Å². The van der Waals surface area contributed by atoms with Crippen molar-refractivity contribution in [2.75, 3.05) is 13.1 Å². The number of sulfonamides is 1. The lowest BCUT2D eigenvalue weighted by Gasteiger charge is -2.31. The molecule has 0 bridgehead atoms. The molecule has 1 aliphatic heterocycles. The average Bonchev–Trinajstić information content (AvgIpc) is 2.72. The smallest absolute Gasteiger partial charge is 0.269 e. The predicted molar refractivity (Wildman–Crippen MR) is 109 cm³/mol. The Morgan fingerprint density at radius 2 is 1.52 bits per heavy atom. The highest BCUT2D eigenvalue weighted by Crippen LogP contribution is 2.24. The topological polar surface area (TPSA) is 95.6 Å². The minimum atomic E-state index is -3.66. The lowest BCUT2D eigenvalue weighted by Crippen LogP contribution is -2.50. The second kappa shape index (κ2) is 8.75. The fraction of sp³-hybridized carbons (Fsp3) is 0.333. The van der Waals surface area contributed by atoms with Gasteiger partial charge in [0, 0.05) is 18.7 Å². The van der Waals surface area contributed by atoms with E-state index in [4.69, 9.17) is 0 Å². The summed E-state index contributed by atoms with van der Waals surface area (Å²) in [5.74, 6) is -1.34. The monoisotopic (exact) mass is 415 g/mol. The molecule has 29 heavy (non-hydrogen) atoms. The molecule has 154 valence electrons. The fourth-order valence-corrected chi connectivity index (χ4v) is 4.76. The lowest BCUT2D eigenvalue weighted by atomic mass is 9.99. The van der Waals surface area contributed by atoms with Crippen LogP contribution in [0.2, 0.25) is 0 Å². The standard InChI is InChI=1S/C21H25N3O4S/c1-15-5-9-17(10-6-15)20(25)22-23-21(26)18-4-3-13-24(14-18)29(27,28)19-11-7-16(2)8-12-19/h5-12,18H,3-4,13-14H2,1-2H3,(H,22,25)(H,23,26). The van der Waals surface area contributed by atoms with E-state index in [-0.39, 0.29) is 11.4 Å². The summed E-state index contributed by atoms with van der Waals surface area (Å²) in [6.45, 7) is 4.27. The molecular formula is C21H25N3O4S. The Hall–Kier alpha value is -2.71. The Bertz CT molecular complexity index is 986. The van der Waals surface area contributed by atoms with Crippen LogP contribution in [-0.4, -0.2) is 37.6 Å². The minimum Gasteiger partial charge on any atom is -0.273 e. The molecule has 2 aromatic rings. The summed E-state index contributed by atoms with van der Waals surface area (Å²) in [7, 11) is -3.66. The molecule has 1 atom stereocenters. The van der Waals surface area contributed by atoms with Crippen LogP contribution in [0.3, 0.4) is 0 Å². The molecule has 8 heteroatoms. The van der Waals surface area contributed by atoms with Crippen molar-refractivity contribution in [1.82, 2.24) is 15.2 Å². The van der Waals surface area contributed by atoms with Gasteiger partial charge >= 0.3 is 0 Å². The summed E-state index contributed by atoms with van der Waals surface area (Å²) in [6.07, 6.45) is 1.14. The van der Waals surface area contributed by atoms with Gasteiger partial charge in [-0.25, -0.2) is 8.42 Å². The Labute approximate surface area is 171 Å². The molecule has 1 fully saturated rings. The van der Waals surface area contributed by atoms with Gasteiger partial charge in [-0.1, -0.05) is 35.4 Å². The van der Waals surface area contributed by atoms with Crippen LogP contribution in [0.15, 0.2) is 53.4 Å². The Kier molecular flexibility index (Phi) is 6.34. The van der Waals surface area contributed by atoms with E-state index < -0.39 is 27.8 Å². The highest BCUT2D eigenvalue weighted by molar-refractivity contribution is 7.89. The van der Waals surface area contributed by atoms with E-state index in [2.05, 4.69) is 10.9 Å². The summed E-state index contributed by atoms with van der Waals surface area (Å²) in [6, 6.07) is 13.6. The molecule has 0 radical (unpaired) electrons. The van der Waals surface area contributed by atoms with Crippen LogP contribution in [-0.2, 0) is 14.8 Å². The molecule has 1 heterocycles. The average molecular weight is 416 g/mol. The van der Waals surface area contributed by atoms with Crippen molar-refractivity contribution in [2.24, 2.45) is 5.92 Å². The van der Waals surface area contributed by atoms with Crippen molar-refractivity contribution in [3.8, 4) is 0 Å². The first kappa shape index (κ1) is 21.0. The van der Waals surface area contributed by atoms with Gasteiger partial charge in [-0.15, -0.1) is 0 Å². The third kappa shape index (κ3) is 5.02. The number of hydrogen-bond donors (Lipinski definition) is 2. The van der Waals surface area contributed by atoms with E-state index in [1.54, 1.807) is 36.4 Å². The van der Waals surface area contributed by atoms with Gasteiger partial charge < -0.3 is 0 Å². The maximum Gasteiger partial charge on any atom is 0.269 e. The number of hydrogen-bond acceptors (Lipinski definition) is 4. The molecule has 3 rings (SSSR count). The number of carbonyl (C=O) groups is 2. The third-order valence-corrected chi connectivity index (χ3v) is 6.91. The number of hydrazine groups is 1. The molecule has 7 nitrogen and oxygen atoms in total. The summed E-state index contributed by atoms with van der Waals surface area (Å²) in [4.78, 5) is 24.9. The zero-order valence-electron chi connectivity index (χ0n) is 16.5. The zero-order valence-corrected chi connectivity index (χ0v) is 17.3. The molecule has 2 aromatic carbocycles. The first-order valence-corrected chi connectivity index (χ1v) is 10.9. The van der Waals surface area contributed by atoms with Crippen molar-refractivity contribution in [2.45, 2.75) is 31.6 Å². The minimum absolute atomic E-state index is 0.0858. The SMILES string of the molecule is Cc1ccc(C(=O)NNC(=O)C2CCCN(S(=O)(=O)c3ccc(C)cc3)C2)cc1. The van der Waals surface area contributed by atoms with Crippen molar-refractivity contribution < 1.29 is 18.0 Å². The van der Waals surface area contributed by atoms with Gasteiger partial charge in [0.1, 0.15) is 0 Å². The van der Waals surface area contributed by atoms with Crippen molar-refractivity contribution in [3.63, 3.8) is 0 Å². The van der Waals surface area contributed by atoms with E-state index in [0.29, 0.717) is 24.9 Å². The van der Waals surface area contributed by atoms with Crippen LogP contribution < -0.4 is 10.9 Å². The van der Waals surface area contributed by atoms with Crippen LogP contribution >= 0.6 is 0 Å². The van der Waals surface area contributed by atoms with Gasteiger partial charge in [0.15, 0.2) is 0 Å². The summed E-state index contributed by atoms with van der Waals surface area (Å²) < 4.78 is 27.1. The van der Waals surface area contributed by atoms with Crippen molar-refractivity contribution in [1.29, 1.82) is 0 Å². The lowest BCUT2D eigenvalue weighted by molar-refractivity contribution is -0.126. The third-order valence-electron chi connectivity index (χ3n) is 5.03. The number of rotatable bonds is 4. The molecule has 0 aromatic heterocycles. The molecule has 2 N–H and O–H groups in total. The molecule has 0 spiro atoms. The maximum absolute atomic E-state index is 12.9. The largest absolute Gasteiger partial charge is 0.273 e. The van der Waals surface area contributed by atoms with Gasteiger partial charge in [0.05, 0.1) is 10.8 Å². The first-order chi connectivity index (χ1) is 13.8.